The molecule has 2 N–H and O–H groups in total. The lowest BCUT2D eigenvalue weighted by molar-refractivity contribution is 0.741. The van der Waals surface area contributed by atoms with Crippen molar-refractivity contribution in [2.75, 3.05) is 0 Å². The molecule has 1 aromatic rings. The lowest BCUT2D eigenvalue weighted by Gasteiger charge is -2.09. The first-order valence-electron chi connectivity index (χ1n) is 4.14. The largest absolute Gasteiger partial charge is 0.327 e. The molecule has 3 heteroatoms. The number of halogens is 2. The van der Waals surface area contributed by atoms with Gasteiger partial charge in [-0.1, -0.05) is 30.7 Å². The smallest absolute Gasteiger partial charge is 0.0406 e. The van der Waals surface area contributed by atoms with E-state index in [4.69, 9.17) is 17.3 Å². The third kappa shape index (κ3) is 1.83. The second-order valence-electron chi connectivity index (χ2n) is 3.73. The molecule has 1 aliphatic carbocycles. The molecule has 0 radical (unpaired) electrons. The molecule has 1 aliphatic rings. The predicted molar refractivity (Wildman–Crippen MR) is 58.6 cm³/mol. The van der Waals surface area contributed by atoms with Crippen LogP contribution in [-0.4, -0.2) is 6.04 Å². The maximum atomic E-state index is 5.84. The van der Waals surface area contributed by atoms with Crippen LogP contribution in [0.2, 0.25) is 5.02 Å². The van der Waals surface area contributed by atoms with E-state index in [0.717, 1.165) is 11.4 Å². The van der Waals surface area contributed by atoms with Gasteiger partial charge in [-0.25, -0.2) is 0 Å². The third-order valence-electron chi connectivity index (χ3n) is 2.81. The van der Waals surface area contributed by atoms with Crippen LogP contribution >= 0.6 is 24.0 Å². The van der Waals surface area contributed by atoms with E-state index >= 15 is 0 Å². The molecule has 2 atom stereocenters. The van der Waals surface area contributed by atoms with E-state index in [-0.39, 0.29) is 17.8 Å². The number of rotatable bonds is 1. The van der Waals surface area contributed by atoms with E-state index in [1.165, 1.54) is 5.56 Å². The van der Waals surface area contributed by atoms with Gasteiger partial charge in [0.15, 0.2) is 0 Å². The van der Waals surface area contributed by atoms with E-state index in [9.17, 15) is 0 Å². The Morgan fingerprint density at radius 2 is 1.85 bits per heavy atom. The molecule has 0 unspecified atom stereocenters. The topological polar surface area (TPSA) is 26.0 Å². The molecular formula is C10H13Cl2N. The van der Waals surface area contributed by atoms with Gasteiger partial charge in [0.25, 0.3) is 0 Å². The Kier molecular flexibility index (Phi) is 2.91. The van der Waals surface area contributed by atoms with E-state index in [1.54, 1.807) is 0 Å². The fourth-order valence-electron chi connectivity index (χ4n) is 1.56. The van der Waals surface area contributed by atoms with Crippen molar-refractivity contribution in [3.63, 3.8) is 0 Å². The van der Waals surface area contributed by atoms with Crippen LogP contribution in [0, 0.1) is 0 Å². The lowest BCUT2D eigenvalue weighted by Crippen LogP contribution is -2.14. The molecule has 0 spiro atoms. The third-order valence-corrected chi connectivity index (χ3v) is 3.06. The zero-order valence-corrected chi connectivity index (χ0v) is 9.03. The van der Waals surface area contributed by atoms with Gasteiger partial charge in [-0.2, -0.15) is 0 Å². The molecule has 1 aromatic carbocycles. The van der Waals surface area contributed by atoms with Crippen molar-refractivity contribution in [1.29, 1.82) is 0 Å². The van der Waals surface area contributed by atoms with Crippen LogP contribution in [0.15, 0.2) is 24.3 Å². The molecule has 1 fully saturated rings. The Bertz CT molecular complexity index is 296. The molecule has 0 aromatic heterocycles. The van der Waals surface area contributed by atoms with Gasteiger partial charge in [-0.15, -0.1) is 12.4 Å². The fourth-order valence-corrected chi connectivity index (χ4v) is 1.69. The van der Waals surface area contributed by atoms with Gasteiger partial charge in [0, 0.05) is 16.5 Å². The highest BCUT2D eigenvalue weighted by Crippen LogP contribution is 2.46. The minimum atomic E-state index is 0. The number of hydrogen-bond acceptors (Lipinski definition) is 1. The summed E-state index contributed by atoms with van der Waals surface area (Å²) in [7, 11) is 0. The van der Waals surface area contributed by atoms with Crippen LogP contribution in [-0.2, 0) is 5.41 Å². The van der Waals surface area contributed by atoms with Crippen molar-refractivity contribution in [2.45, 2.75) is 24.8 Å². The average molecular weight is 218 g/mol. The predicted octanol–water partition coefficient (Wildman–Crippen LogP) is 2.75. The number of hydrogen-bond donors (Lipinski definition) is 1. The second kappa shape index (κ2) is 3.49. The molecule has 13 heavy (non-hydrogen) atoms. The Balaban J connectivity index is 0.000000845. The summed E-state index contributed by atoms with van der Waals surface area (Å²) < 4.78 is 0. The molecule has 2 rings (SSSR count). The van der Waals surface area contributed by atoms with Crippen molar-refractivity contribution < 1.29 is 0 Å². The zero-order chi connectivity index (χ0) is 8.77. The quantitative estimate of drug-likeness (QED) is 0.770. The van der Waals surface area contributed by atoms with Gasteiger partial charge in [0.05, 0.1) is 0 Å². The molecule has 1 saturated carbocycles. The summed E-state index contributed by atoms with van der Waals surface area (Å²) in [6.07, 6.45) is 1.09. The highest BCUT2D eigenvalue weighted by atomic mass is 35.5. The highest BCUT2D eigenvalue weighted by Gasteiger charge is 2.48. The number of benzene rings is 1. The second-order valence-corrected chi connectivity index (χ2v) is 4.17. The van der Waals surface area contributed by atoms with Crippen LogP contribution in [0.5, 0.6) is 0 Å². The SMILES string of the molecule is C[C@]1(c2ccc(Cl)cc2)C[C@H]1N.Cl. The maximum Gasteiger partial charge on any atom is 0.0406 e. The Labute approximate surface area is 89.7 Å². The van der Waals surface area contributed by atoms with Crippen LogP contribution < -0.4 is 5.73 Å². The monoisotopic (exact) mass is 217 g/mol. The molecule has 0 bridgehead atoms. The van der Waals surface area contributed by atoms with E-state index < -0.39 is 0 Å². The minimum Gasteiger partial charge on any atom is -0.327 e. The Hall–Kier alpha value is -0.240. The van der Waals surface area contributed by atoms with Crippen molar-refractivity contribution >= 4 is 24.0 Å². The first kappa shape index (κ1) is 10.8. The standard InChI is InChI=1S/C10H12ClN.ClH/c1-10(6-9(10)12)7-2-4-8(11)5-3-7;/h2-5,9H,6,12H2,1H3;1H/t9-,10-;/m1./s1. The van der Waals surface area contributed by atoms with Gasteiger partial charge < -0.3 is 5.73 Å². The summed E-state index contributed by atoms with van der Waals surface area (Å²) in [5, 5.41) is 0.788. The first-order valence-corrected chi connectivity index (χ1v) is 4.52. The molecule has 0 heterocycles. The van der Waals surface area contributed by atoms with Crippen molar-refractivity contribution in [2.24, 2.45) is 5.73 Å². The molecular weight excluding hydrogens is 205 g/mol. The van der Waals surface area contributed by atoms with Crippen LogP contribution in [0.3, 0.4) is 0 Å². The summed E-state index contributed by atoms with van der Waals surface area (Å²) in [5.74, 6) is 0. The summed E-state index contributed by atoms with van der Waals surface area (Å²) >= 11 is 5.79. The summed E-state index contributed by atoms with van der Waals surface area (Å²) in [5.41, 5.74) is 7.36. The maximum absolute atomic E-state index is 5.84. The molecule has 0 aliphatic heterocycles. The summed E-state index contributed by atoms with van der Waals surface area (Å²) in [4.78, 5) is 0. The van der Waals surface area contributed by atoms with Crippen LogP contribution in [0.25, 0.3) is 0 Å². The Morgan fingerprint density at radius 3 is 2.23 bits per heavy atom. The number of nitrogens with two attached hydrogens (primary N) is 1. The molecule has 72 valence electrons. The Morgan fingerprint density at radius 1 is 1.38 bits per heavy atom. The van der Waals surface area contributed by atoms with Gasteiger partial charge in [0.1, 0.15) is 0 Å². The van der Waals surface area contributed by atoms with Gasteiger partial charge in [-0.3, -0.25) is 0 Å². The van der Waals surface area contributed by atoms with Crippen LogP contribution in [0.4, 0.5) is 0 Å². The van der Waals surface area contributed by atoms with Crippen LogP contribution in [0.1, 0.15) is 18.9 Å². The van der Waals surface area contributed by atoms with Crippen molar-refractivity contribution in [3.8, 4) is 0 Å². The normalized spacial score (nSPS) is 30.8. The summed E-state index contributed by atoms with van der Waals surface area (Å²) in [6.45, 7) is 2.20. The van der Waals surface area contributed by atoms with E-state index in [1.807, 2.05) is 12.1 Å². The van der Waals surface area contributed by atoms with E-state index in [0.29, 0.717) is 6.04 Å². The molecule has 0 saturated heterocycles. The molecule has 1 nitrogen and oxygen atoms in total. The molecule has 0 amide bonds. The van der Waals surface area contributed by atoms with Gasteiger partial charge in [-0.05, 0) is 24.1 Å². The van der Waals surface area contributed by atoms with Crippen molar-refractivity contribution in [3.05, 3.63) is 34.9 Å². The lowest BCUT2D eigenvalue weighted by atomic mass is 9.98. The zero-order valence-electron chi connectivity index (χ0n) is 7.46. The average Bonchev–Trinajstić information content (AvgIpc) is 2.62. The summed E-state index contributed by atoms with van der Waals surface area (Å²) in [6, 6.07) is 8.31. The van der Waals surface area contributed by atoms with Gasteiger partial charge >= 0.3 is 0 Å². The fraction of sp³-hybridized carbons (Fsp3) is 0.400. The van der Waals surface area contributed by atoms with Gasteiger partial charge in [0.2, 0.25) is 0 Å². The highest BCUT2D eigenvalue weighted by molar-refractivity contribution is 6.30. The van der Waals surface area contributed by atoms with Crippen molar-refractivity contribution in [1.82, 2.24) is 0 Å². The minimum absolute atomic E-state index is 0. The van der Waals surface area contributed by atoms with E-state index in [2.05, 4.69) is 19.1 Å². The first-order chi connectivity index (χ1) is 5.63.